The second kappa shape index (κ2) is 8.26. The van der Waals surface area contributed by atoms with Crippen molar-refractivity contribution in [1.82, 2.24) is 20.2 Å². The molecular formula is C18H23N5O3S. The molecule has 1 unspecified atom stereocenters. The number of fused-ring (bicyclic) bond motifs is 1. The molecule has 0 N–H and O–H groups in total. The minimum absolute atomic E-state index is 0.0253. The molecule has 9 heteroatoms. The molecule has 1 saturated heterocycles. The van der Waals surface area contributed by atoms with E-state index in [-0.39, 0.29) is 24.1 Å². The van der Waals surface area contributed by atoms with E-state index in [9.17, 15) is 9.00 Å². The molecule has 2 aliphatic rings. The van der Waals surface area contributed by atoms with E-state index < -0.39 is 10.8 Å². The molecule has 0 spiro atoms. The monoisotopic (exact) mass is 389 g/mol. The van der Waals surface area contributed by atoms with Crippen molar-refractivity contribution in [1.29, 1.82) is 0 Å². The van der Waals surface area contributed by atoms with Crippen LogP contribution < -0.4 is 4.90 Å². The van der Waals surface area contributed by atoms with E-state index in [4.69, 9.17) is 4.74 Å². The molecule has 8 nitrogen and oxygen atoms in total. The van der Waals surface area contributed by atoms with Crippen LogP contribution in [0.2, 0.25) is 0 Å². The van der Waals surface area contributed by atoms with Crippen molar-refractivity contribution in [2.24, 2.45) is 0 Å². The van der Waals surface area contributed by atoms with Crippen LogP contribution in [0.15, 0.2) is 24.3 Å². The summed E-state index contributed by atoms with van der Waals surface area (Å²) in [5.41, 5.74) is 2.18. The van der Waals surface area contributed by atoms with Gasteiger partial charge in [-0.05, 0) is 41.3 Å². The van der Waals surface area contributed by atoms with Gasteiger partial charge in [0.2, 0.25) is 5.91 Å². The molecule has 1 aromatic carbocycles. The van der Waals surface area contributed by atoms with Gasteiger partial charge in [0.05, 0.1) is 11.8 Å². The molecule has 1 aromatic heterocycles. The number of amides is 1. The number of hydrogen-bond acceptors (Lipinski definition) is 6. The predicted molar refractivity (Wildman–Crippen MR) is 101 cm³/mol. The summed E-state index contributed by atoms with van der Waals surface area (Å²) in [5.74, 6) is 1.24. The molecule has 144 valence electrons. The fraction of sp³-hybridized carbons (Fsp3) is 0.556. The van der Waals surface area contributed by atoms with Gasteiger partial charge in [-0.25, -0.2) is 4.68 Å². The highest BCUT2D eigenvalue weighted by Crippen LogP contribution is 2.28. The Morgan fingerprint density at radius 1 is 1.26 bits per heavy atom. The molecule has 0 aliphatic carbocycles. The summed E-state index contributed by atoms with van der Waals surface area (Å²) in [4.78, 5) is 14.4. The van der Waals surface area contributed by atoms with Crippen molar-refractivity contribution in [3.8, 4) is 0 Å². The molecule has 4 rings (SSSR count). The summed E-state index contributed by atoms with van der Waals surface area (Å²) >= 11 is 0. The van der Waals surface area contributed by atoms with Crippen molar-refractivity contribution in [2.45, 2.75) is 37.5 Å². The third kappa shape index (κ3) is 4.08. The highest BCUT2D eigenvalue weighted by molar-refractivity contribution is 7.84. The summed E-state index contributed by atoms with van der Waals surface area (Å²) in [6.45, 7) is 2.09. The first-order valence-electron chi connectivity index (χ1n) is 9.30. The average Bonchev–Trinajstić information content (AvgIpc) is 3.34. The molecule has 0 radical (unpaired) electrons. The standard InChI is InChI=1S/C18H23N5O3S/c24-18(22-9-5-14-3-1-2-4-16(14)22)8-12-27(25)13-17-19-20-21-23(17)15-6-10-26-11-7-15/h1-4,15H,5-13H2. The number of rotatable bonds is 6. The normalized spacial score (nSPS) is 18.4. The maximum absolute atomic E-state index is 12.6. The Balaban J connectivity index is 1.32. The first-order chi connectivity index (χ1) is 13.2. The molecule has 27 heavy (non-hydrogen) atoms. The number of carbonyl (C=O) groups is 1. The van der Waals surface area contributed by atoms with Crippen LogP contribution in [0, 0.1) is 0 Å². The van der Waals surface area contributed by atoms with Gasteiger partial charge in [0, 0.05) is 48.4 Å². The lowest BCUT2D eigenvalue weighted by Gasteiger charge is -2.22. The fourth-order valence-electron chi connectivity index (χ4n) is 3.67. The second-order valence-electron chi connectivity index (χ2n) is 6.85. The van der Waals surface area contributed by atoms with Crippen LogP contribution in [0.25, 0.3) is 0 Å². The molecule has 0 bridgehead atoms. The van der Waals surface area contributed by atoms with Gasteiger partial charge in [0.1, 0.15) is 0 Å². The molecule has 0 saturated carbocycles. The SMILES string of the molecule is O=C(CCS(=O)Cc1nnnn1C1CCOCC1)N1CCc2ccccc21. The van der Waals surface area contributed by atoms with Gasteiger partial charge in [-0.3, -0.25) is 9.00 Å². The van der Waals surface area contributed by atoms with E-state index in [1.807, 2.05) is 18.2 Å². The number of anilines is 1. The number of benzene rings is 1. The number of para-hydroxylation sites is 1. The van der Waals surface area contributed by atoms with Gasteiger partial charge < -0.3 is 9.64 Å². The van der Waals surface area contributed by atoms with Crippen molar-refractivity contribution in [3.05, 3.63) is 35.7 Å². The first kappa shape index (κ1) is 18.2. The van der Waals surface area contributed by atoms with Gasteiger partial charge in [-0.1, -0.05) is 18.2 Å². The summed E-state index contributed by atoms with van der Waals surface area (Å²) < 4.78 is 19.7. The Morgan fingerprint density at radius 2 is 2.07 bits per heavy atom. The van der Waals surface area contributed by atoms with Crippen molar-refractivity contribution < 1.29 is 13.7 Å². The lowest BCUT2D eigenvalue weighted by Crippen LogP contribution is -2.30. The Bertz CT molecular complexity index is 834. The van der Waals surface area contributed by atoms with Gasteiger partial charge in [-0.15, -0.1) is 5.10 Å². The summed E-state index contributed by atoms with van der Waals surface area (Å²) in [7, 11) is -1.18. The zero-order chi connectivity index (χ0) is 18.6. The van der Waals surface area contributed by atoms with E-state index in [1.54, 1.807) is 9.58 Å². The quantitative estimate of drug-likeness (QED) is 0.739. The number of nitrogens with zero attached hydrogens (tertiary/aromatic N) is 5. The highest BCUT2D eigenvalue weighted by atomic mass is 32.2. The average molecular weight is 389 g/mol. The van der Waals surface area contributed by atoms with Crippen LogP contribution in [0.5, 0.6) is 0 Å². The fourth-order valence-corrected chi connectivity index (χ4v) is 4.69. The van der Waals surface area contributed by atoms with E-state index in [2.05, 4.69) is 21.6 Å². The molecule has 1 atom stereocenters. The Kier molecular flexibility index (Phi) is 5.58. The maximum Gasteiger partial charge on any atom is 0.227 e. The zero-order valence-electron chi connectivity index (χ0n) is 15.1. The molecule has 2 aromatic rings. The predicted octanol–water partition coefficient (Wildman–Crippen LogP) is 1.25. The number of carbonyl (C=O) groups excluding carboxylic acids is 1. The lowest BCUT2D eigenvalue weighted by molar-refractivity contribution is -0.118. The van der Waals surface area contributed by atoms with E-state index in [1.165, 1.54) is 5.56 Å². The molecule has 1 fully saturated rings. The smallest absolute Gasteiger partial charge is 0.227 e. The van der Waals surface area contributed by atoms with Crippen molar-refractivity contribution >= 4 is 22.4 Å². The maximum atomic E-state index is 12.6. The third-order valence-electron chi connectivity index (χ3n) is 5.12. The van der Waals surface area contributed by atoms with E-state index in [0.29, 0.717) is 31.3 Å². The van der Waals surface area contributed by atoms with Crippen molar-refractivity contribution in [3.63, 3.8) is 0 Å². The van der Waals surface area contributed by atoms with E-state index in [0.717, 1.165) is 24.9 Å². The van der Waals surface area contributed by atoms with Gasteiger partial charge >= 0.3 is 0 Å². The van der Waals surface area contributed by atoms with Crippen LogP contribution in [-0.2, 0) is 32.5 Å². The lowest BCUT2D eigenvalue weighted by atomic mass is 10.1. The minimum atomic E-state index is -1.18. The number of hydrogen-bond donors (Lipinski definition) is 0. The third-order valence-corrected chi connectivity index (χ3v) is 6.36. The van der Waals surface area contributed by atoms with Gasteiger partial charge in [-0.2, -0.15) is 0 Å². The summed E-state index contributed by atoms with van der Waals surface area (Å²) in [6, 6.07) is 8.16. The molecular weight excluding hydrogens is 366 g/mol. The summed E-state index contributed by atoms with van der Waals surface area (Å²) in [6.07, 6.45) is 2.86. The van der Waals surface area contributed by atoms with Crippen LogP contribution >= 0.6 is 0 Å². The zero-order valence-corrected chi connectivity index (χ0v) is 15.9. The molecule has 2 aliphatic heterocycles. The summed E-state index contributed by atoms with van der Waals surface area (Å²) in [5, 5.41) is 11.9. The Hall–Kier alpha value is -2.13. The van der Waals surface area contributed by atoms with Crippen molar-refractivity contribution in [2.75, 3.05) is 30.4 Å². The topological polar surface area (TPSA) is 90.2 Å². The number of aromatic nitrogens is 4. The largest absolute Gasteiger partial charge is 0.381 e. The highest BCUT2D eigenvalue weighted by Gasteiger charge is 2.25. The molecule has 3 heterocycles. The second-order valence-corrected chi connectivity index (χ2v) is 8.42. The van der Waals surface area contributed by atoms with Gasteiger partial charge in [0.15, 0.2) is 5.82 Å². The number of ether oxygens (including phenoxy) is 1. The van der Waals surface area contributed by atoms with Crippen LogP contribution in [0.4, 0.5) is 5.69 Å². The minimum Gasteiger partial charge on any atom is -0.381 e. The van der Waals surface area contributed by atoms with Crippen LogP contribution in [-0.4, -0.2) is 55.8 Å². The molecule has 1 amide bonds. The van der Waals surface area contributed by atoms with Crippen LogP contribution in [0.1, 0.15) is 36.7 Å². The Labute approximate surface area is 160 Å². The van der Waals surface area contributed by atoms with Crippen LogP contribution in [0.3, 0.4) is 0 Å². The van der Waals surface area contributed by atoms with Gasteiger partial charge in [0.25, 0.3) is 0 Å². The van der Waals surface area contributed by atoms with E-state index >= 15 is 0 Å². The number of tetrazole rings is 1. The Morgan fingerprint density at radius 3 is 2.93 bits per heavy atom. The first-order valence-corrected chi connectivity index (χ1v) is 10.8.